The van der Waals surface area contributed by atoms with E-state index >= 15 is 0 Å². The molecule has 0 saturated heterocycles. The molecule has 0 fully saturated rings. The predicted molar refractivity (Wildman–Crippen MR) is 41.4 cm³/mol. The van der Waals surface area contributed by atoms with E-state index in [-0.39, 0.29) is 0 Å². The molecule has 0 aromatic heterocycles. The van der Waals surface area contributed by atoms with Crippen LogP contribution < -0.4 is 4.74 Å². The summed E-state index contributed by atoms with van der Waals surface area (Å²) in [5.74, 6) is 0.987. The third kappa shape index (κ3) is 3.52. The first kappa shape index (κ1) is 8.74. The monoisotopic (exact) mass is 199 g/mol. The van der Waals surface area contributed by atoms with Crippen LogP contribution in [-0.2, 0) is 18.3 Å². The minimum atomic E-state index is 0.865. The molecule has 0 aliphatic carbocycles. The molecular formula is C9H11OZn. The van der Waals surface area contributed by atoms with E-state index in [0.29, 0.717) is 0 Å². The van der Waals surface area contributed by atoms with E-state index in [1.54, 1.807) is 0 Å². The molecule has 1 aromatic carbocycles. The van der Waals surface area contributed by atoms with Gasteiger partial charge in [-0.3, -0.25) is 0 Å². The van der Waals surface area contributed by atoms with Crippen LogP contribution in [0.25, 0.3) is 0 Å². The van der Waals surface area contributed by atoms with Gasteiger partial charge >= 0.3 is 77.2 Å². The van der Waals surface area contributed by atoms with Gasteiger partial charge in [0.2, 0.25) is 0 Å². The molecule has 0 radical (unpaired) electrons. The summed E-state index contributed by atoms with van der Waals surface area (Å²) in [7, 11) is 0. The van der Waals surface area contributed by atoms with E-state index in [0.717, 1.165) is 12.4 Å². The Bertz CT molecular complexity index is 186. The summed E-state index contributed by atoms with van der Waals surface area (Å²) >= 11 is 1.37. The number of benzene rings is 1. The Morgan fingerprint density at radius 3 is 2.55 bits per heavy atom. The maximum atomic E-state index is 5.47. The molecule has 0 bridgehead atoms. The molecule has 0 saturated carbocycles. The van der Waals surface area contributed by atoms with Crippen LogP contribution in [0.5, 0.6) is 5.75 Å². The quantitative estimate of drug-likeness (QED) is 0.536. The molecule has 0 N–H and O–H groups in total. The van der Waals surface area contributed by atoms with Crippen LogP contribution in [0, 0.1) is 0 Å². The van der Waals surface area contributed by atoms with Gasteiger partial charge in [-0.1, -0.05) is 0 Å². The number of ether oxygens (including phenoxy) is 1. The zero-order valence-electron chi connectivity index (χ0n) is 6.62. The van der Waals surface area contributed by atoms with Crippen molar-refractivity contribution in [2.75, 3.05) is 6.61 Å². The van der Waals surface area contributed by atoms with Crippen LogP contribution in [0.15, 0.2) is 30.3 Å². The van der Waals surface area contributed by atoms with Crippen LogP contribution in [0.2, 0.25) is 5.02 Å². The summed E-state index contributed by atoms with van der Waals surface area (Å²) in [6.45, 7) is 0.865. The number of rotatable bonds is 4. The predicted octanol–water partition coefficient (Wildman–Crippen LogP) is 2.42. The molecule has 0 aliphatic heterocycles. The second kappa shape index (κ2) is 5.31. The number of hydrogen-bond donors (Lipinski definition) is 0. The van der Waals surface area contributed by atoms with Gasteiger partial charge in [-0.05, 0) is 0 Å². The van der Waals surface area contributed by atoms with Crippen molar-refractivity contribution in [2.45, 2.75) is 11.4 Å². The molecule has 0 aliphatic rings. The van der Waals surface area contributed by atoms with Crippen LogP contribution in [-0.4, -0.2) is 6.61 Å². The van der Waals surface area contributed by atoms with Crippen molar-refractivity contribution in [1.82, 2.24) is 0 Å². The second-order valence-corrected chi connectivity index (χ2v) is 3.85. The van der Waals surface area contributed by atoms with Crippen LogP contribution in [0.4, 0.5) is 0 Å². The topological polar surface area (TPSA) is 9.23 Å². The standard InChI is InChI=1S/C9H11O.Zn/c1-2-8-10-9-6-4-3-5-7-9;/h3-7H,1-2,8H2;. The zero-order valence-corrected chi connectivity index (χ0v) is 9.59. The fraction of sp³-hybridized carbons (Fsp3) is 0.333. The minimum absolute atomic E-state index is 0.865. The molecular weight excluding hydrogens is 189 g/mol. The van der Waals surface area contributed by atoms with E-state index in [2.05, 4.69) is 0 Å². The van der Waals surface area contributed by atoms with Gasteiger partial charge in [-0.15, -0.1) is 0 Å². The van der Waals surface area contributed by atoms with Gasteiger partial charge in [0, 0.05) is 0 Å². The average molecular weight is 201 g/mol. The molecule has 0 atom stereocenters. The van der Waals surface area contributed by atoms with Crippen molar-refractivity contribution in [2.24, 2.45) is 0 Å². The normalized spacial score (nSPS) is 9.64. The molecule has 1 aromatic rings. The SMILES string of the molecule is [Zn][CH2]CCOc1ccccc1. The van der Waals surface area contributed by atoms with Gasteiger partial charge in [0.15, 0.2) is 0 Å². The van der Waals surface area contributed by atoms with E-state index < -0.39 is 0 Å². The Balaban J connectivity index is 2.28. The molecule has 1 nitrogen and oxygen atoms in total. The average Bonchev–Trinajstić information content (AvgIpc) is 2.07. The summed E-state index contributed by atoms with van der Waals surface area (Å²) in [4.78, 5) is 0. The van der Waals surface area contributed by atoms with Crippen molar-refractivity contribution >= 4 is 0 Å². The van der Waals surface area contributed by atoms with E-state index in [1.165, 1.54) is 29.7 Å². The van der Waals surface area contributed by atoms with Gasteiger partial charge in [0.1, 0.15) is 0 Å². The third-order valence-corrected chi connectivity index (χ3v) is 2.46. The summed E-state index contributed by atoms with van der Waals surface area (Å²) in [5.41, 5.74) is 0. The van der Waals surface area contributed by atoms with Crippen molar-refractivity contribution < 1.29 is 23.0 Å². The van der Waals surface area contributed by atoms with Crippen LogP contribution >= 0.6 is 0 Å². The molecule has 55 valence electrons. The summed E-state index contributed by atoms with van der Waals surface area (Å²) < 4.78 is 5.47. The van der Waals surface area contributed by atoms with E-state index in [9.17, 15) is 0 Å². The maximum absolute atomic E-state index is 5.47. The van der Waals surface area contributed by atoms with Crippen molar-refractivity contribution in [3.63, 3.8) is 0 Å². The Hall–Kier alpha value is -0.357. The molecule has 0 unspecified atom stereocenters. The van der Waals surface area contributed by atoms with Crippen LogP contribution in [0.1, 0.15) is 6.42 Å². The summed E-state index contributed by atoms with van der Waals surface area (Å²) in [5, 5.41) is 1.31. The van der Waals surface area contributed by atoms with Crippen LogP contribution in [0.3, 0.4) is 0 Å². The van der Waals surface area contributed by atoms with E-state index in [1.807, 2.05) is 30.3 Å². The molecule has 11 heavy (non-hydrogen) atoms. The summed E-state index contributed by atoms with van der Waals surface area (Å²) in [6.07, 6.45) is 1.19. The van der Waals surface area contributed by atoms with Crippen molar-refractivity contribution in [1.29, 1.82) is 0 Å². The second-order valence-electron chi connectivity index (χ2n) is 2.37. The van der Waals surface area contributed by atoms with Gasteiger partial charge in [0.05, 0.1) is 0 Å². The Labute approximate surface area is 77.4 Å². The van der Waals surface area contributed by atoms with Gasteiger partial charge in [-0.2, -0.15) is 0 Å². The summed E-state index contributed by atoms with van der Waals surface area (Å²) in [6, 6.07) is 9.97. The molecule has 0 heterocycles. The van der Waals surface area contributed by atoms with E-state index in [4.69, 9.17) is 4.74 Å². The molecule has 1 rings (SSSR count). The fourth-order valence-electron chi connectivity index (χ4n) is 0.809. The first-order chi connectivity index (χ1) is 5.43. The first-order valence-corrected chi connectivity index (χ1v) is 6.00. The number of hydrogen-bond acceptors (Lipinski definition) is 1. The molecule has 0 amide bonds. The van der Waals surface area contributed by atoms with Crippen molar-refractivity contribution in [3.8, 4) is 5.75 Å². The Morgan fingerprint density at radius 2 is 1.91 bits per heavy atom. The number of para-hydroxylation sites is 1. The van der Waals surface area contributed by atoms with Gasteiger partial charge < -0.3 is 0 Å². The van der Waals surface area contributed by atoms with Gasteiger partial charge in [-0.25, -0.2) is 0 Å². The third-order valence-electron chi connectivity index (χ3n) is 1.41. The zero-order chi connectivity index (χ0) is 7.94. The fourth-order valence-corrected chi connectivity index (χ4v) is 1.24. The Kier molecular flexibility index (Phi) is 4.22. The van der Waals surface area contributed by atoms with Crippen molar-refractivity contribution in [3.05, 3.63) is 30.3 Å². The Morgan fingerprint density at radius 1 is 1.18 bits per heavy atom. The molecule has 0 spiro atoms. The molecule has 2 heteroatoms. The first-order valence-electron chi connectivity index (χ1n) is 3.90. The van der Waals surface area contributed by atoms with Gasteiger partial charge in [0.25, 0.3) is 0 Å².